The lowest BCUT2D eigenvalue weighted by molar-refractivity contribution is 0.247. The minimum atomic E-state index is -3.79. The summed E-state index contributed by atoms with van der Waals surface area (Å²) >= 11 is 5.88. The maximum absolute atomic E-state index is 13.0. The number of halogens is 1. The first-order chi connectivity index (χ1) is 10.5. The number of nitrogens with one attached hydrogen (secondary N) is 1. The summed E-state index contributed by atoms with van der Waals surface area (Å²) in [6.45, 7) is 0.416. The maximum Gasteiger partial charge on any atom is 0.247 e. The monoisotopic (exact) mass is 341 g/mol. The molecule has 0 aliphatic carbocycles. The third kappa shape index (κ3) is 2.69. The number of nitrogen functional groups attached to an aromatic ring is 1. The number of pyridine rings is 1. The average molecular weight is 342 g/mol. The smallest absolute Gasteiger partial charge is 0.247 e. The van der Waals surface area contributed by atoms with Crippen molar-refractivity contribution in [1.29, 1.82) is 0 Å². The fourth-order valence-corrected chi connectivity index (χ4v) is 4.67. The minimum absolute atomic E-state index is 0.0480. The van der Waals surface area contributed by atoms with Crippen molar-refractivity contribution in [2.75, 3.05) is 12.3 Å². The zero-order valence-corrected chi connectivity index (χ0v) is 13.3. The average Bonchev–Trinajstić information content (AvgIpc) is 3.04. The first-order valence-corrected chi connectivity index (χ1v) is 8.74. The van der Waals surface area contributed by atoms with Crippen molar-refractivity contribution in [3.63, 3.8) is 0 Å². The van der Waals surface area contributed by atoms with E-state index in [-0.39, 0.29) is 21.8 Å². The maximum atomic E-state index is 13.0. The molecule has 3 N–H and O–H groups in total. The van der Waals surface area contributed by atoms with Crippen LogP contribution in [-0.4, -0.2) is 34.2 Å². The van der Waals surface area contributed by atoms with Crippen LogP contribution in [0.25, 0.3) is 0 Å². The highest BCUT2D eigenvalue weighted by molar-refractivity contribution is 7.89. The Balaban J connectivity index is 2.04. The largest absolute Gasteiger partial charge is 0.383 e. The highest BCUT2D eigenvalue weighted by Crippen LogP contribution is 2.35. The second-order valence-corrected chi connectivity index (χ2v) is 7.43. The lowest BCUT2D eigenvalue weighted by Crippen LogP contribution is -2.39. The van der Waals surface area contributed by atoms with Crippen LogP contribution in [0.3, 0.4) is 0 Å². The van der Waals surface area contributed by atoms with Gasteiger partial charge in [0.2, 0.25) is 10.0 Å². The van der Waals surface area contributed by atoms with Gasteiger partial charge in [-0.05, 0) is 18.9 Å². The SMILES string of the molecule is Nc1ncc(Cl)cc1S(=O)(=O)N1CCCCC1c1ncc[nH]1. The van der Waals surface area contributed by atoms with Crippen molar-refractivity contribution in [2.24, 2.45) is 0 Å². The number of hydrogen-bond acceptors (Lipinski definition) is 5. The van der Waals surface area contributed by atoms with Gasteiger partial charge in [-0.1, -0.05) is 18.0 Å². The van der Waals surface area contributed by atoms with Gasteiger partial charge in [0.15, 0.2) is 0 Å². The lowest BCUT2D eigenvalue weighted by Gasteiger charge is -2.33. The van der Waals surface area contributed by atoms with Gasteiger partial charge in [-0.15, -0.1) is 0 Å². The Morgan fingerprint density at radius 3 is 2.91 bits per heavy atom. The lowest BCUT2D eigenvalue weighted by atomic mass is 10.0. The number of aromatic amines is 1. The molecule has 1 atom stereocenters. The molecule has 0 radical (unpaired) electrons. The second kappa shape index (κ2) is 5.86. The van der Waals surface area contributed by atoms with E-state index in [1.807, 2.05) is 0 Å². The number of sulfonamides is 1. The van der Waals surface area contributed by atoms with Crippen molar-refractivity contribution in [3.8, 4) is 0 Å². The Kier molecular flexibility index (Phi) is 4.07. The number of hydrogen-bond donors (Lipinski definition) is 2. The van der Waals surface area contributed by atoms with E-state index >= 15 is 0 Å². The predicted molar refractivity (Wildman–Crippen MR) is 82.7 cm³/mol. The van der Waals surface area contributed by atoms with Gasteiger partial charge in [0, 0.05) is 25.1 Å². The number of H-pyrrole nitrogens is 1. The van der Waals surface area contributed by atoms with E-state index < -0.39 is 10.0 Å². The van der Waals surface area contributed by atoms with E-state index in [0.717, 1.165) is 12.8 Å². The van der Waals surface area contributed by atoms with Crippen molar-refractivity contribution in [2.45, 2.75) is 30.2 Å². The third-order valence-corrected chi connectivity index (χ3v) is 5.87. The van der Waals surface area contributed by atoms with Crippen molar-refractivity contribution < 1.29 is 8.42 Å². The second-order valence-electron chi connectivity index (χ2n) is 5.14. The molecule has 2 aromatic rings. The molecular formula is C13H16ClN5O2S. The van der Waals surface area contributed by atoms with Crippen LogP contribution in [0.2, 0.25) is 5.02 Å². The number of rotatable bonds is 3. The highest BCUT2D eigenvalue weighted by Gasteiger charge is 2.37. The Morgan fingerprint density at radius 2 is 2.18 bits per heavy atom. The molecule has 0 amide bonds. The van der Waals surface area contributed by atoms with Crippen LogP contribution in [0.15, 0.2) is 29.6 Å². The van der Waals surface area contributed by atoms with E-state index in [1.54, 1.807) is 12.4 Å². The van der Waals surface area contributed by atoms with Gasteiger partial charge >= 0.3 is 0 Å². The Labute approximate surface area is 133 Å². The molecule has 1 saturated heterocycles. The first-order valence-electron chi connectivity index (χ1n) is 6.92. The minimum Gasteiger partial charge on any atom is -0.383 e. The standard InChI is InChI=1S/C13H16ClN5O2S/c14-9-7-11(12(15)18-8-9)22(20,21)19-6-2-1-3-10(19)13-16-4-5-17-13/h4-5,7-8,10H,1-3,6H2,(H2,15,18)(H,16,17). The molecule has 1 aliphatic heterocycles. The van der Waals surface area contributed by atoms with Gasteiger partial charge in [0.25, 0.3) is 0 Å². The van der Waals surface area contributed by atoms with Crippen LogP contribution in [0.5, 0.6) is 0 Å². The van der Waals surface area contributed by atoms with E-state index in [1.165, 1.54) is 16.6 Å². The number of nitrogens with two attached hydrogens (primary N) is 1. The molecular weight excluding hydrogens is 326 g/mol. The Morgan fingerprint density at radius 1 is 1.36 bits per heavy atom. The molecule has 0 spiro atoms. The summed E-state index contributed by atoms with van der Waals surface area (Å²) in [5, 5.41) is 0.235. The quantitative estimate of drug-likeness (QED) is 0.887. The van der Waals surface area contributed by atoms with E-state index in [0.29, 0.717) is 18.8 Å². The topological polar surface area (TPSA) is 105 Å². The molecule has 9 heteroatoms. The summed E-state index contributed by atoms with van der Waals surface area (Å²) in [5.74, 6) is 0.588. The van der Waals surface area contributed by atoms with Crippen molar-refractivity contribution >= 4 is 27.4 Å². The number of piperidine rings is 1. The van der Waals surface area contributed by atoms with E-state index in [4.69, 9.17) is 17.3 Å². The molecule has 1 unspecified atom stereocenters. The number of aromatic nitrogens is 3. The van der Waals surface area contributed by atoms with Crippen LogP contribution in [0.4, 0.5) is 5.82 Å². The predicted octanol–water partition coefficient (Wildman–Crippen LogP) is 1.96. The highest BCUT2D eigenvalue weighted by atomic mass is 35.5. The van der Waals surface area contributed by atoms with Gasteiger partial charge in [-0.3, -0.25) is 0 Å². The molecule has 1 fully saturated rings. The first kappa shape index (κ1) is 15.3. The summed E-state index contributed by atoms with van der Waals surface area (Å²) in [6, 6.07) is 1.01. The molecule has 3 heterocycles. The van der Waals surface area contributed by atoms with Gasteiger partial charge in [-0.25, -0.2) is 18.4 Å². The fraction of sp³-hybridized carbons (Fsp3) is 0.385. The summed E-state index contributed by atoms with van der Waals surface area (Å²) in [4.78, 5) is 11.0. The summed E-state index contributed by atoms with van der Waals surface area (Å²) < 4.78 is 27.4. The summed E-state index contributed by atoms with van der Waals surface area (Å²) in [7, 11) is -3.79. The van der Waals surface area contributed by atoms with Crippen LogP contribution >= 0.6 is 11.6 Å². The van der Waals surface area contributed by atoms with Crippen molar-refractivity contribution in [3.05, 3.63) is 35.5 Å². The number of imidazole rings is 1. The summed E-state index contributed by atoms with van der Waals surface area (Å²) in [6.07, 6.45) is 7.08. The molecule has 2 aromatic heterocycles. The zero-order valence-electron chi connectivity index (χ0n) is 11.7. The van der Waals surface area contributed by atoms with Crippen LogP contribution in [-0.2, 0) is 10.0 Å². The van der Waals surface area contributed by atoms with Crippen LogP contribution < -0.4 is 5.73 Å². The fourth-order valence-electron chi connectivity index (χ4n) is 2.69. The Hall–Kier alpha value is -1.64. The van der Waals surface area contributed by atoms with E-state index in [2.05, 4.69) is 15.0 Å². The summed E-state index contributed by atoms with van der Waals surface area (Å²) in [5.41, 5.74) is 5.75. The number of anilines is 1. The van der Waals surface area contributed by atoms with Crippen molar-refractivity contribution in [1.82, 2.24) is 19.3 Å². The van der Waals surface area contributed by atoms with Crippen LogP contribution in [0, 0.1) is 0 Å². The van der Waals surface area contributed by atoms with Crippen LogP contribution in [0.1, 0.15) is 31.1 Å². The molecule has 3 rings (SSSR count). The van der Waals surface area contributed by atoms with Gasteiger partial charge in [-0.2, -0.15) is 4.31 Å². The Bertz CT molecular complexity index is 763. The molecule has 118 valence electrons. The molecule has 22 heavy (non-hydrogen) atoms. The third-order valence-electron chi connectivity index (χ3n) is 3.72. The normalized spacial score (nSPS) is 20.1. The van der Waals surface area contributed by atoms with Gasteiger partial charge in [0.05, 0.1) is 11.1 Å². The molecule has 0 bridgehead atoms. The van der Waals surface area contributed by atoms with Gasteiger partial charge in [0.1, 0.15) is 16.5 Å². The molecule has 7 nitrogen and oxygen atoms in total. The number of nitrogens with zero attached hydrogens (tertiary/aromatic N) is 3. The molecule has 0 saturated carbocycles. The zero-order chi connectivity index (χ0) is 15.7. The van der Waals surface area contributed by atoms with E-state index in [9.17, 15) is 8.42 Å². The molecule has 0 aromatic carbocycles. The molecule has 1 aliphatic rings. The van der Waals surface area contributed by atoms with Gasteiger partial charge < -0.3 is 10.7 Å².